The standard InChI is InChI=1S/C16H21NO6S/c1-12(16(19)17-13-8-10-24(20,21)11-13)23-15(18)7-9-22-14-5-3-2-4-6-14/h2-6,12-13H,7-11H2,1H3,(H,17,19)/t12-,13-/m1/s1. The third kappa shape index (κ3) is 5.84. The van der Waals surface area contributed by atoms with E-state index in [1.807, 2.05) is 18.2 Å². The van der Waals surface area contributed by atoms with Gasteiger partial charge in [0, 0.05) is 6.04 Å². The fraction of sp³-hybridized carbons (Fsp3) is 0.500. The fourth-order valence-corrected chi connectivity index (χ4v) is 3.98. The molecule has 0 radical (unpaired) electrons. The maximum atomic E-state index is 11.9. The van der Waals surface area contributed by atoms with Crippen molar-refractivity contribution >= 4 is 21.7 Å². The highest BCUT2D eigenvalue weighted by Gasteiger charge is 2.30. The Kier molecular flexibility index (Phi) is 6.19. The van der Waals surface area contributed by atoms with Crippen LogP contribution in [0.15, 0.2) is 30.3 Å². The van der Waals surface area contributed by atoms with Crippen molar-refractivity contribution in [3.63, 3.8) is 0 Å². The van der Waals surface area contributed by atoms with Gasteiger partial charge in [0.2, 0.25) is 0 Å². The van der Waals surface area contributed by atoms with E-state index in [1.54, 1.807) is 12.1 Å². The molecule has 1 heterocycles. The molecule has 2 rings (SSSR count). The van der Waals surface area contributed by atoms with Crippen molar-refractivity contribution in [2.75, 3.05) is 18.1 Å². The molecule has 0 saturated carbocycles. The van der Waals surface area contributed by atoms with E-state index in [9.17, 15) is 18.0 Å². The average Bonchev–Trinajstić information content (AvgIpc) is 2.87. The molecule has 1 N–H and O–H groups in total. The Morgan fingerprint density at radius 3 is 2.62 bits per heavy atom. The van der Waals surface area contributed by atoms with Crippen molar-refractivity contribution in [2.24, 2.45) is 0 Å². The molecule has 0 spiro atoms. The van der Waals surface area contributed by atoms with Gasteiger partial charge < -0.3 is 14.8 Å². The smallest absolute Gasteiger partial charge is 0.310 e. The number of hydrogen-bond donors (Lipinski definition) is 1. The van der Waals surface area contributed by atoms with Gasteiger partial charge in [-0.1, -0.05) is 18.2 Å². The number of nitrogens with one attached hydrogen (secondary N) is 1. The Balaban J connectivity index is 1.68. The van der Waals surface area contributed by atoms with E-state index in [1.165, 1.54) is 6.92 Å². The molecule has 1 saturated heterocycles. The molecule has 0 aromatic heterocycles. The van der Waals surface area contributed by atoms with E-state index < -0.39 is 33.9 Å². The van der Waals surface area contributed by atoms with Crippen molar-refractivity contribution in [1.29, 1.82) is 0 Å². The quantitative estimate of drug-likeness (QED) is 0.723. The summed E-state index contributed by atoms with van der Waals surface area (Å²) >= 11 is 0. The number of benzene rings is 1. The summed E-state index contributed by atoms with van der Waals surface area (Å²) in [7, 11) is -3.07. The monoisotopic (exact) mass is 355 g/mol. The number of hydrogen-bond acceptors (Lipinski definition) is 6. The van der Waals surface area contributed by atoms with Gasteiger partial charge in [-0.3, -0.25) is 9.59 Å². The maximum Gasteiger partial charge on any atom is 0.310 e. The predicted octanol–water partition coefficient (Wildman–Crippen LogP) is 0.691. The van der Waals surface area contributed by atoms with E-state index >= 15 is 0 Å². The lowest BCUT2D eigenvalue weighted by molar-refractivity contribution is -0.155. The molecule has 1 aromatic rings. The molecule has 1 fully saturated rings. The van der Waals surface area contributed by atoms with Crippen LogP contribution in [0, 0.1) is 0 Å². The van der Waals surface area contributed by atoms with Gasteiger partial charge in [-0.25, -0.2) is 8.42 Å². The first-order chi connectivity index (χ1) is 11.4. The molecule has 0 aliphatic carbocycles. The van der Waals surface area contributed by atoms with E-state index in [2.05, 4.69) is 5.32 Å². The molecule has 1 amide bonds. The van der Waals surface area contributed by atoms with Crippen LogP contribution in [-0.2, 0) is 24.2 Å². The number of para-hydroxylation sites is 1. The van der Waals surface area contributed by atoms with Crippen molar-refractivity contribution in [3.05, 3.63) is 30.3 Å². The van der Waals surface area contributed by atoms with E-state index in [0.717, 1.165) is 0 Å². The minimum absolute atomic E-state index is 0.0182. The van der Waals surface area contributed by atoms with Crippen molar-refractivity contribution in [2.45, 2.75) is 31.9 Å². The molecule has 1 aliphatic rings. The number of ether oxygens (including phenoxy) is 2. The second kappa shape index (κ2) is 8.14. The Morgan fingerprint density at radius 2 is 2.00 bits per heavy atom. The molecular formula is C16H21NO6S. The molecular weight excluding hydrogens is 334 g/mol. The summed E-state index contributed by atoms with van der Waals surface area (Å²) in [6.45, 7) is 1.60. The Morgan fingerprint density at radius 1 is 1.29 bits per heavy atom. The summed E-state index contributed by atoms with van der Waals surface area (Å²) in [5.74, 6) is -0.381. The topological polar surface area (TPSA) is 98.8 Å². The third-order valence-electron chi connectivity index (χ3n) is 3.57. The Hall–Kier alpha value is -2.09. The number of sulfone groups is 1. The zero-order valence-electron chi connectivity index (χ0n) is 13.4. The highest BCUT2D eigenvalue weighted by Crippen LogP contribution is 2.12. The lowest BCUT2D eigenvalue weighted by atomic mass is 10.2. The van der Waals surface area contributed by atoms with Gasteiger partial charge in [-0.05, 0) is 25.5 Å². The SMILES string of the molecule is C[C@@H](OC(=O)CCOc1ccccc1)C(=O)N[C@@H]1CCS(=O)(=O)C1. The zero-order valence-corrected chi connectivity index (χ0v) is 14.3. The van der Waals surface area contributed by atoms with E-state index in [-0.39, 0.29) is 24.5 Å². The summed E-state index contributed by atoms with van der Waals surface area (Å²) in [6, 6.07) is 8.64. The molecule has 7 nitrogen and oxygen atoms in total. The molecule has 2 atom stereocenters. The average molecular weight is 355 g/mol. The van der Waals surface area contributed by atoms with Crippen LogP contribution in [0.2, 0.25) is 0 Å². The molecule has 132 valence electrons. The Labute approximate surface area is 141 Å². The molecule has 24 heavy (non-hydrogen) atoms. The van der Waals surface area contributed by atoms with Crippen LogP contribution in [-0.4, -0.2) is 50.6 Å². The lowest BCUT2D eigenvalue weighted by Gasteiger charge is -2.16. The molecule has 0 bridgehead atoms. The van der Waals surface area contributed by atoms with Crippen molar-refractivity contribution in [1.82, 2.24) is 5.32 Å². The third-order valence-corrected chi connectivity index (χ3v) is 5.34. The first-order valence-corrected chi connectivity index (χ1v) is 9.56. The van der Waals surface area contributed by atoms with Crippen molar-refractivity contribution < 1.29 is 27.5 Å². The van der Waals surface area contributed by atoms with Gasteiger partial charge in [0.25, 0.3) is 5.91 Å². The minimum atomic E-state index is -3.07. The summed E-state index contributed by atoms with van der Waals surface area (Å²) in [6.07, 6.45) is -0.568. The second-order valence-electron chi connectivity index (χ2n) is 5.65. The number of carbonyl (C=O) groups excluding carboxylic acids is 2. The minimum Gasteiger partial charge on any atom is -0.493 e. The van der Waals surface area contributed by atoms with Gasteiger partial charge in [0.05, 0.1) is 24.5 Å². The second-order valence-corrected chi connectivity index (χ2v) is 7.88. The maximum absolute atomic E-state index is 11.9. The Bertz CT molecular complexity index is 673. The summed E-state index contributed by atoms with van der Waals surface area (Å²) in [5, 5.41) is 2.59. The van der Waals surface area contributed by atoms with Gasteiger partial charge in [0.15, 0.2) is 15.9 Å². The lowest BCUT2D eigenvalue weighted by Crippen LogP contribution is -2.42. The number of amides is 1. The normalized spacial score (nSPS) is 20.1. The van der Waals surface area contributed by atoms with E-state index in [0.29, 0.717) is 12.2 Å². The molecule has 0 unspecified atom stereocenters. The van der Waals surface area contributed by atoms with Gasteiger partial charge in [0.1, 0.15) is 5.75 Å². The number of carbonyl (C=O) groups is 2. The first-order valence-electron chi connectivity index (χ1n) is 7.74. The number of rotatable bonds is 7. The molecule has 1 aliphatic heterocycles. The summed E-state index contributed by atoms with van der Waals surface area (Å²) in [5.41, 5.74) is 0. The van der Waals surface area contributed by atoms with Crippen LogP contribution in [0.4, 0.5) is 0 Å². The molecule has 1 aromatic carbocycles. The summed E-state index contributed by atoms with van der Waals surface area (Å²) in [4.78, 5) is 23.6. The van der Waals surface area contributed by atoms with Crippen molar-refractivity contribution in [3.8, 4) is 5.75 Å². The van der Waals surface area contributed by atoms with Gasteiger partial charge in [-0.15, -0.1) is 0 Å². The van der Waals surface area contributed by atoms with Gasteiger partial charge >= 0.3 is 5.97 Å². The summed E-state index contributed by atoms with van der Waals surface area (Å²) < 4.78 is 33.1. The number of esters is 1. The van der Waals surface area contributed by atoms with Crippen LogP contribution in [0.1, 0.15) is 19.8 Å². The highest BCUT2D eigenvalue weighted by molar-refractivity contribution is 7.91. The van der Waals surface area contributed by atoms with Crippen LogP contribution in [0.25, 0.3) is 0 Å². The first kappa shape index (κ1) is 18.3. The fourth-order valence-electron chi connectivity index (χ4n) is 2.31. The highest BCUT2D eigenvalue weighted by atomic mass is 32.2. The van der Waals surface area contributed by atoms with Crippen LogP contribution < -0.4 is 10.1 Å². The van der Waals surface area contributed by atoms with Crippen LogP contribution in [0.3, 0.4) is 0 Å². The van der Waals surface area contributed by atoms with Crippen LogP contribution >= 0.6 is 0 Å². The van der Waals surface area contributed by atoms with Gasteiger partial charge in [-0.2, -0.15) is 0 Å². The van der Waals surface area contributed by atoms with Crippen LogP contribution in [0.5, 0.6) is 5.75 Å². The van der Waals surface area contributed by atoms with E-state index in [4.69, 9.17) is 9.47 Å². The zero-order chi connectivity index (χ0) is 17.6. The largest absolute Gasteiger partial charge is 0.493 e. The molecule has 8 heteroatoms. The predicted molar refractivity (Wildman–Crippen MR) is 87.3 cm³/mol.